The van der Waals surface area contributed by atoms with Crippen molar-refractivity contribution in [2.75, 3.05) is 13.6 Å². The Balaban J connectivity index is 0.00000363. The van der Waals surface area contributed by atoms with Crippen LogP contribution in [0.3, 0.4) is 0 Å². The van der Waals surface area contributed by atoms with Crippen molar-refractivity contribution < 1.29 is 14.3 Å². The van der Waals surface area contributed by atoms with Crippen molar-refractivity contribution in [2.24, 2.45) is 4.99 Å². The molecule has 3 rings (SSSR count). The van der Waals surface area contributed by atoms with Gasteiger partial charge >= 0.3 is 6.09 Å². The molecular formula is C21H34IN7O3. The van der Waals surface area contributed by atoms with Crippen LogP contribution in [0.4, 0.5) is 4.79 Å². The van der Waals surface area contributed by atoms with Crippen LogP contribution < -0.4 is 10.6 Å². The summed E-state index contributed by atoms with van der Waals surface area (Å²) in [6.07, 6.45) is 1.35. The summed E-state index contributed by atoms with van der Waals surface area (Å²) in [6.45, 7) is 12.2. The Morgan fingerprint density at radius 2 is 2.00 bits per heavy atom. The Kier molecular flexibility index (Phi) is 8.32. The Morgan fingerprint density at radius 1 is 1.28 bits per heavy atom. The fourth-order valence-corrected chi connectivity index (χ4v) is 3.72. The number of carbonyl (C=O) groups excluding carboxylic acids is 1. The van der Waals surface area contributed by atoms with Gasteiger partial charge in [-0.2, -0.15) is 0 Å². The number of pyridine rings is 1. The van der Waals surface area contributed by atoms with E-state index in [4.69, 9.17) is 9.47 Å². The summed E-state index contributed by atoms with van der Waals surface area (Å²) in [5.41, 5.74) is -0.574. The molecule has 0 saturated carbocycles. The minimum absolute atomic E-state index is 0. The van der Waals surface area contributed by atoms with E-state index in [9.17, 15) is 4.79 Å². The fraction of sp³-hybridized carbons (Fsp3) is 0.619. The first-order chi connectivity index (χ1) is 14.5. The zero-order chi connectivity index (χ0) is 22.8. The molecule has 10 nitrogen and oxygen atoms in total. The van der Waals surface area contributed by atoms with Crippen LogP contribution in [0.1, 0.15) is 47.4 Å². The van der Waals surface area contributed by atoms with Crippen LogP contribution in [0.15, 0.2) is 29.4 Å². The molecule has 2 N–H and O–H groups in total. The number of halogens is 1. The summed E-state index contributed by atoms with van der Waals surface area (Å²) in [5.74, 6) is 1.36. The van der Waals surface area contributed by atoms with Crippen LogP contribution in [0.5, 0.6) is 0 Å². The average Bonchev–Trinajstić information content (AvgIpc) is 3.17. The van der Waals surface area contributed by atoms with Gasteiger partial charge in [-0.15, -0.1) is 34.2 Å². The van der Waals surface area contributed by atoms with Crippen molar-refractivity contribution in [3.05, 3.63) is 30.2 Å². The molecule has 2 atom stereocenters. The lowest BCUT2D eigenvalue weighted by Crippen LogP contribution is -2.54. The van der Waals surface area contributed by atoms with E-state index in [-0.39, 0.29) is 36.1 Å². The highest BCUT2D eigenvalue weighted by molar-refractivity contribution is 14.0. The number of carbonyl (C=O) groups is 1. The summed E-state index contributed by atoms with van der Waals surface area (Å²) < 4.78 is 13.6. The minimum atomic E-state index is -0.772. The second-order valence-corrected chi connectivity index (χ2v) is 9.04. The third-order valence-electron chi connectivity index (χ3n) is 5.02. The summed E-state index contributed by atoms with van der Waals surface area (Å²) in [4.78, 5) is 18.8. The molecule has 0 radical (unpaired) electrons. The fourth-order valence-electron chi connectivity index (χ4n) is 3.72. The van der Waals surface area contributed by atoms with E-state index < -0.39 is 17.4 Å². The molecule has 1 amide bonds. The van der Waals surface area contributed by atoms with Crippen LogP contribution in [0.25, 0.3) is 5.65 Å². The number of amides is 1. The number of aliphatic imine (C=N–C) groups is 1. The maximum absolute atomic E-state index is 12.9. The highest BCUT2D eigenvalue weighted by Gasteiger charge is 2.49. The molecule has 0 bridgehead atoms. The number of fused-ring (bicyclic) bond motifs is 1. The van der Waals surface area contributed by atoms with Crippen molar-refractivity contribution in [1.29, 1.82) is 0 Å². The number of nitrogens with zero attached hydrogens (tertiary/aromatic N) is 5. The highest BCUT2D eigenvalue weighted by atomic mass is 127. The number of aromatic nitrogens is 3. The lowest BCUT2D eigenvalue weighted by molar-refractivity contribution is -0.0755. The highest BCUT2D eigenvalue weighted by Crippen LogP contribution is 2.33. The number of guanidine groups is 1. The minimum Gasteiger partial charge on any atom is -0.444 e. The van der Waals surface area contributed by atoms with Crippen molar-refractivity contribution in [1.82, 2.24) is 30.1 Å². The van der Waals surface area contributed by atoms with E-state index in [1.807, 2.05) is 70.3 Å². The first kappa shape index (κ1) is 26.1. The molecule has 0 aliphatic carbocycles. The van der Waals surface area contributed by atoms with Crippen LogP contribution in [-0.2, 0) is 16.0 Å². The van der Waals surface area contributed by atoms with Gasteiger partial charge in [-0.05, 0) is 53.7 Å². The third kappa shape index (κ3) is 6.00. The van der Waals surface area contributed by atoms with E-state index in [1.54, 1.807) is 11.9 Å². The molecule has 1 aliphatic rings. The van der Waals surface area contributed by atoms with Crippen LogP contribution in [0.2, 0.25) is 0 Å². The van der Waals surface area contributed by atoms with Gasteiger partial charge in [0.05, 0.1) is 18.7 Å². The molecule has 0 spiro atoms. The van der Waals surface area contributed by atoms with Gasteiger partial charge < -0.3 is 20.1 Å². The van der Waals surface area contributed by atoms with E-state index in [0.29, 0.717) is 19.0 Å². The third-order valence-corrected chi connectivity index (χ3v) is 5.02. The lowest BCUT2D eigenvalue weighted by Gasteiger charge is -2.35. The van der Waals surface area contributed by atoms with Gasteiger partial charge in [0.2, 0.25) is 0 Å². The Bertz CT molecular complexity index is 954. The lowest BCUT2D eigenvalue weighted by atomic mass is 10.1. The van der Waals surface area contributed by atoms with E-state index in [2.05, 4.69) is 25.8 Å². The van der Waals surface area contributed by atoms with Crippen molar-refractivity contribution in [2.45, 2.75) is 71.6 Å². The number of nitrogens with one attached hydrogen (secondary N) is 2. The molecular weight excluding hydrogens is 525 g/mol. The van der Waals surface area contributed by atoms with E-state index in [1.165, 1.54) is 0 Å². The molecule has 11 heteroatoms. The predicted molar refractivity (Wildman–Crippen MR) is 133 cm³/mol. The molecule has 0 aromatic carbocycles. The smallest absolute Gasteiger partial charge is 0.412 e. The van der Waals surface area contributed by atoms with Gasteiger partial charge in [0, 0.05) is 19.8 Å². The number of ether oxygens (including phenoxy) is 2. The standard InChI is InChI=1S/C21H33N7O3.HI/c1-14-15(28(21(5,6)30-14)19(29)31-20(2,3)4)12-23-18(22-7)24-13-17-26-25-16-10-8-9-11-27(16)17;/h8-11,14-15H,12-13H2,1-7H3,(H2,22,23,24);1H. The van der Waals surface area contributed by atoms with Crippen LogP contribution in [0, 0.1) is 0 Å². The largest absolute Gasteiger partial charge is 0.444 e. The maximum atomic E-state index is 12.9. The van der Waals surface area contributed by atoms with Crippen molar-refractivity contribution in [3.63, 3.8) is 0 Å². The molecule has 1 aliphatic heterocycles. The van der Waals surface area contributed by atoms with Crippen molar-refractivity contribution >= 4 is 41.7 Å². The quantitative estimate of drug-likeness (QED) is 0.337. The van der Waals surface area contributed by atoms with Gasteiger partial charge in [0.15, 0.2) is 17.4 Å². The van der Waals surface area contributed by atoms with Crippen molar-refractivity contribution in [3.8, 4) is 0 Å². The summed E-state index contributed by atoms with van der Waals surface area (Å²) in [7, 11) is 1.70. The average molecular weight is 559 g/mol. The van der Waals surface area contributed by atoms with Gasteiger partial charge in [-0.25, -0.2) is 4.79 Å². The molecule has 32 heavy (non-hydrogen) atoms. The van der Waals surface area contributed by atoms with E-state index in [0.717, 1.165) is 11.5 Å². The Morgan fingerprint density at radius 3 is 2.66 bits per heavy atom. The first-order valence-electron chi connectivity index (χ1n) is 10.4. The SMILES string of the molecule is CN=C(NCc1nnc2ccccn12)NCC1C(C)OC(C)(C)N1C(=O)OC(C)(C)C.I. The second-order valence-electron chi connectivity index (χ2n) is 9.04. The van der Waals surface area contributed by atoms with Gasteiger partial charge in [-0.3, -0.25) is 14.3 Å². The number of hydrogen-bond acceptors (Lipinski definition) is 6. The molecule has 2 aromatic heterocycles. The second kappa shape index (κ2) is 10.2. The number of rotatable bonds is 4. The summed E-state index contributed by atoms with van der Waals surface area (Å²) in [6, 6.07) is 5.53. The molecule has 178 valence electrons. The maximum Gasteiger partial charge on any atom is 0.412 e. The van der Waals surface area contributed by atoms with E-state index >= 15 is 0 Å². The zero-order valence-electron chi connectivity index (χ0n) is 19.7. The Hall–Kier alpha value is -2.15. The predicted octanol–water partition coefficient (Wildman–Crippen LogP) is 2.77. The van der Waals surface area contributed by atoms with Crippen LogP contribution in [-0.4, -0.2) is 68.6 Å². The summed E-state index contributed by atoms with van der Waals surface area (Å²) in [5, 5.41) is 14.9. The monoisotopic (exact) mass is 559 g/mol. The van der Waals surface area contributed by atoms with Gasteiger partial charge in [-0.1, -0.05) is 6.07 Å². The first-order valence-corrected chi connectivity index (χ1v) is 10.4. The molecule has 1 saturated heterocycles. The molecule has 1 fully saturated rings. The molecule has 3 heterocycles. The zero-order valence-corrected chi connectivity index (χ0v) is 22.1. The van der Waals surface area contributed by atoms with Crippen LogP contribution >= 0.6 is 24.0 Å². The summed E-state index contributed by atoms with van der Waals surface area (Å²) >= 11 is 0. The molecule has 2 unspecified atom stereocenters. The normalized spacial score (nSPS) is 20.7. The molecule has 2 aromatic rings. The topological polar surface area (TPSA) is 105 Å². The van der Waals surface area contributed by atoms with Gasteiger partial charge in [0.1, 0.15) is 11.3 Å². The van der Waals surface area contributed by atoms with Gasteiger partial charge in [0.25, 0.3) is 0 Å². The number of hydrogen-bond donors (Lipinski definition) is 2. The Labute approximate surface area is 206 Å².